The van der Waals surface area contributed by atoms with Gasteiger partial charge in [0.2, 0.25) is 0 Å². The number of ether oxygens (including phenoxy) is 1. The smallest absolute Gasteiger partial charge is 0.199 e. The second kappa shape index (κ2) is 8.66. The summed E-state index contributed by atoms with van der Waals surface area (Å²) in [5, 5.41) is 1.07. The van der Waals surface area contributed by atoms with E-state index in [-0.39, 0.29) is 4.90 Å². The molecule has 0 N–H and O–H groups in total. The molecule has 4 rings (SSSR count). The fourth-order valence-corrected chi connectivity index (χ4v) is 4.11. The van der Waals surface area contributed by atoms with Crippen LogP contribution in [0.4, 0.5) is 0 Å². The van der Waals surface area contributed by atoms with Gasteiger partial charge in [-0.15, -0.1) is 9.24 Å². The maximum Gasteiger partial charge on any atom is 0.199 e. The van der Waals surface area contributed by atoms with E-state index in [0.717, 1.165) is 33.4 Å². The van der Waals surface area contributed by atoms with Gasteiger partial charge in [-0.2, -0.15) is 0 Å². The number of rotatable bonds is 6. The normalized spacial score (nSPS) is 11.5. The highest BCUT2D eigenvalue weighted by Crippen LogP contribution is 2.34. The predicted octanol–water partition coefficient (Wildman–Crippen LogP) is 4.51. The lowest BCUT2D eigenvalue weighted by atomic mass is 10.1. The molecule has 0 bridgehead atoms. The first-order valence-corrected chi connectivity index (χ1v) is 12.1. The van der Waals surface area contributed by atoms with E-state index in [1.165, 1.54) is 6.26 Å². The number of nitrogens with zero attached hydrogens (tertiary/aromatic N) is 1. The molecule has 5 nitrogen and oxygen atoms in total. The van der Waals surface area contributed by atoms with Gasteiger partial charge in [0.25, 0.3) is 0 Å². The lowest BCUT2D eigenvalue weighted by molar-refractivity contribution is 0.414. The van der Waals surface area contributed by atoms with Crippen LogP contribution in [0.1, 0.15) is 11.5 Å². The molecule has 7 heteroatoms. The van der Waals surface area contributed by atoms with E-state index < -0.39 is 9.84 Å². The van der Waals surface area contributed by atoms with Crippen molar-refractivity contribution in [2.45, 2.75) is 11.3 Å². The summed E-state index contributed by atoms with van der Waals surface area (Å²) in [7, 11) is 1.03. The van der Waals surface area contributed by atoms with Crippen molar-refractivity contribution in [3.8, 4) is 28.3 Å². The van der Waals surface area contributed by atoms with Crippen LogP contribution in [0.5, 0.6) is 5.75 Å². The summed E-state index contributed by atoms with van der Waals surface area (Å²) in [5.74, 6) is 1.95. The minimum atomic E-state index is -3.27. The quantitative estimate of drug-likeness (QED) is 0.404. The Bertz CT molecular complexity index is 1310. The summed E-state index contributed by atoms with van der Waals surface area (Å²) < 4.78 is 35.1. The third kappa shape index (κ3) is 4.87. The van der Waals surface area contributed by atoms with Gasteiger partial charge < -0.3 is 9.15 Å². The number of benzene rings is 3. The summed E-state index contributed by atoms with van der Waals surface area (Å²) in [6.07, 6.45) is 1.70. The molecule has 158 valence electrons. The van der Waals surface area contributed by atoms with Crippen molar-refractivity contribution in [3.05, 3.63) is 84.3 Å². The van der Waals surface area contributed by atoms with Gasteiger partial charge in [0, 0.05) is 23.8 Å². The van der Waals surface area contributed by atoms with Gasteiger partial charge in [-0.25, -0.2) is 13.4 Å². The molecule has 0 saturated heterocycles. The second-order valence-corrected chi connectivity index (χ2v) is 9.91. The van der Waals surface area contributed by atoms with Crippen LogP contribution in [-0.2, 0) is 16.3 Å². The van der Waals surface area contributed by atoms with Gasteiger partial charge in [-0.3, -0.25) is 0 Å². The Morgan fingerprint density at radius 1 is 0.968 bits per heavy atom. The lowest BCUT2D eigenvalue weighted by Gasteiger charge is -2.04. The molecule has 1 unspecified atom stereocenters. The molecule has 0 fully saturated rings. The van der Waals surface area contributed by atoms with Gasteiger partial charge in [0.05, 0.1) is 12.0 Å². The molecule has 1 aromatic heterocycles. The molecular weight excluding hydrogens is 429 g/mol. The molecule has 3 aromatic carbocycles. The minimum absolute atomic E-state index is 0.265. The minimum Gasteiger partial charge on any atom is -0.497 e. The topological polar surface area (TPSA) is 69.4 Å². The Morgan fingerprint density at radius 2 is 1.65 bits per heavy atom. The van der Waals surface area contributed by atoms with E-state index in [1.807, 2.05) is 48.5 Å². The fourth-order valence-electron chi connectivity index (χ4n) is 3.28. The number of oxazole rings is 1. The molecule has 0 radical (unpaired) electrons. The highest BCUT2D eigenvalue weighted by molar-refractivity contribution is 7.90. The maximum absolute atomic E-state index is 11.8. The van der Waals surface area contributed by atoms with Crippen molar-refractivity contribution in [1.29, 1.82) is 0 Å². The number of methoxy groups -OCH3 is 1. The van der Waals surface area contributed by atoms with Crippen molar-refractivity contribution in [1.82, 2.24) is 4.98 Å². The van der Waals surface area contributed by atoms with Crippen LogP contribution in [0.15, 0.2) is 82.1 Å². The van der Waals surface area contributed by atoms with Crippen LogP contribution in [0.3, 0.4) is 0 Å². The maximum atomic E-state index is 11.8. The average Bonchev–Trinajstić information content (AvgIpc) is 3.17. The largest absolute Gasteiger partial charge is 0.497 e. The van der Waals surface area contributed by atoms with Crippen molar-refractivity contribution >= 4 is 24.4 Å². The van der Waals surface area contributed by atoms with E-state index in [9.17, 15) is 8.42 Å². The zero-order valence-electron chi connectivity index (χ0n) is 17.2. The second-order valence-electron chi connectivity index (χ2n) is 7.23. The Hall–Kier alpha value is -2.95. The molecular formula is C24H22NO4PS. The van der Waals surface area contributed by atoms with Crippen LogP contribution in [0.2, 0.25) is 0 Å². The SMILES string of the molecule is COc1cccc(Cc2nc(-c3ccc(P)cc3)c(-c3ccc(S(C)(=O)=O)cc3)o2)c1. The third-order valence-electron chi connectivity index (χ3n) is 4.89. The molecule has 0 amide bonds. The molecule has 1 heterocycles. The molecule has 0 aliphatic heterocycles. The van der Waals surface area contributed by atoms with Crippen molar-refractivity contribution < 1.29 is 17.6 Å². The predicted molar refractivity (Wildman–Crippen MR) is 126 cm³/mol. The Labute approximate surface area is 184 Å². The molecule has 0 saturated carbocycles. The van der Waals surface area contributed by atoms with Crippen LogP contribution >= 0.6 is 9.24 Å². The van der Waals surface area contributed by atoms with Gasteiger partial charge in [-0.05, 0) is 47.3 Å². The summed E-state index contributed by atoms with van der Waals surface area (Å²) >= 11 is 0. The number of hydrogen-bond donors (Lipinski definition) is 0. The van der Waals surface area contributed by atoms with E-state index in [4.69, 9.17) is 14.1 Å². The summed E-state index contributed by atoms with van der Waals surface area (Å²) in [6, 6.07) is 22.4. The van der Waals surface area contributed by atoms with Crippen LogP contribution in [0, 0.1) is 0 Å². The highest BCUT2D eigenvalue weighted by Gasteiger charge is 2.18. The lowest BCUT2D eigenvalue weighted by Crippen LogP contribution is -1.96. The first-order valence-electron chi connectivity index (χ1n) is 9.62. The van der Waals surface area contributed by atoms with Crippen molar-refractivity contribution in [3.63, 3.8) is 0 Å². The molecule has 1 atom stereocenters. The van der Waals surface area contributed by atoms with Gasteiger partial charge in [0.1, 0.15) is 11.4 Å². The highest BCUT2D eigenvalue weighted by atomic mass is 32.2. The summed E-state index contributed by atoms with van der Waals surface area (Å²) in [5.41, 5.74) is 3.43. The van der Waals surface area contributed by atoms with E-state index in [0.29, 0.717) is 18.1 Å². The average molecular weight is 451 g/mol. The Balaban J connectivity index is 1.77. The van der Waals surface area contributed by atoms with E-state index in [2.05, 4.69) is 9.24 Å². The molecule has 0 aliphatic carbocycles. The van der Waals surface area contributed by atoms with Crippen LogP contribution in [0.25, 0.3) is 22.6 Å². The molecule has 0 spiro atoms. The Kier molecular flexibility index (Phi) is 5.94. The van der Waals surface area contributed by atoms with Crippen LogP contribution < -0.4 is 10.0 Å². The van der Waals surface area contributed by atoms with E-state index in [1.54, 1.807) is 31.4 Å². The fraction of sp³-hybridized carbons (Fsp3) is 0.125. The van der Waals surface area contributed by atoms with Gasteiger partial charge in [-0.1, -0.05) is 36.4 Å². The van der Waals surface area contributed by atoms with Crippen LogP contribution in [-0.4, -0.2) is 26.8 Å². The van der Waals surface area contributed by atoms with Gasteiger partial charge >= 0.3 is 0 Å². The monoisotopic (exact) mass is 451 g/mol. The third-order valence-corrected chi connectivity index (χ3v) is 6.40. The number of hydrogen-bond acceptors (Lipinski definition) is 5. The van der Waals surface area contributed by atoms with Gasteiger partial charge in [0.15, 0.2) is 21.5 Å². The number of sulfone groups is 1. The zero-order valence-corrected chi connectivity index (χ0v) is 19.2. The van der Waals surface area contributed by atoms with Crippen molar-refractivity contribution in [2.75, 3.05) is 13.4 Å². The molecule has 4 aromatic rings. The first kappa shape index (κ1) is 21.3. The molecule has 31 heavy (non-hydrogen) atoms. The standard InChI is InChI=1S/C24H22NO4PS/c1-28-19-5-3-4-16(14-19)15-22-25-23(17-6-10-20(30)11-7-17)24(29-22)18-8-12-21(13-9-18)31(2,26)27/h3-14H,15,30H2,1-2H3. The summed E-state index contributed by atoms with van der Waals surface area (Å²) in [6.45, 7) is 0. The number of aromatic nitrogens is 1. The molecule has 0 aliphatic rings. The Morgan fingerprint density at radius 3 is 2.29 bits per heavy atom. The van der Waals surface area contributed by atoms with Crippen molar-refractivity contribution in [2.24, 2.45) is 0 Å². The first-order chi connectivity index (χ1) is 14.8. The van der Waals surface area contributed by atoms with E-state index >= 15 is 0 Å². The summed E-state index contributed by atoms with van der Waals surface area (Å²) in [4.78, 5) is 5.04. The zero-order chi connectivity index (χ0) is 22.0.